The Morgan fingerprint density at radius 1 is 1.06 bits per heavy atom. The predicted molar refractivity (Wildman–Crippen MR) is 117 cm³/mol. The summed E-state index contributed by atoms with van der Waals surface area (Å²) >= 11 is 0. The van der Waals surface area contributed by atoms with Crippen molar-refractivity contribution in [1.82, 2.24) is 0 Å². The normalized spacial score (nSPS) is 15.3. The van der Waals surface area contributed by atoms with Crippen LogP contribution in [0.2, 0.25) is 0 Å². The molecule has 2 amide bonds. The quantitative estimate of drug-likeness (QED) is 0.596. The molecule has 0 aliphatic carbocycles. The number of carbonyl (C=O) groups is 3. The van der Waals surface area contributed by atoms with E-state index in [-0.39, 0.29) is 18.9 Å². The molecule has 1 aliphatic heterocycles. The van der Waals surface area contributed by atoms with Gasteiger partial charge in [-0.05, 0) is 43.3 Å². The molecule has 0 unspecified atom stereocenters. The van der Waals surface area contributed by atoms with Gasteiger partial charge in [0.05, 0.1) is 32.4 Å². The third kappa shape index (κ3) is 5.48. The van der Waals surface area contributed by atoms with Crippen molar-refractivity contribution in [1.29, 1.82) is 0 Å². The van der Waals surface area contributed by atoms with E-state index in [1.807, 2.05) is 6.92 Å². The summed E-state index contributed by atoms with van der Waals surface area (Å²) in [6, 6.07) is 12.0. The van der Waals surface area contributed by atoms with Gasteiger partial charge in [-0.15, -0.1) is 0 Å². The summed E-state index contributed by atoms with van der Waals surface area (Å²) < 4.78 is 20.9. The Kier molecular flexibility index (Phi) is 7.54. The molecule has 2 aromatic carbocycles. The van der Waals surface area contributed by atoms with Crippen LogP contribution >= 0.6 is 0 Å². The molecule has 0 radical (unpaired) electrons. The lowest BCUT2D eigenvalue weighted by Crippen LogP contribution is -2.28. The third-order valence-corrected chi connectivity index (χ3v) is 4.94. The topological polar surface area (TPSA) is 103 Å². The zero-order valence-corrected chi connectivity index (χ0v) is 18.3. The smallest absolute Gasteiger partial charge is 0.311 e. The Labute approximate surface area is 186 Å². The first-order chi connectivity index (χ1) is 15.4. The number of benzene rings is 2. The molecule has 170 valence electrons. The molecule has 0 saturated carbocycles. The molecule has 1 aliphatic rings. The highest BCUT2D eigenvalue weighted by Gasteiger charge is 2.36. The van der Waals surface area contributed by atoms with E-state index in [9.17, 15) is 14.4 Å². The fraction of sp³-hybridized carbons (Fsp3) is 0.348. The number of hydrogen-bond acceptors (Lipinski definition) is 7. The first-order valence-corrected chi connectivity index (χ1v) is 10.2. The minimum atomic E-state index is -0.645. The fourth-order valence-corrected chi connectivity index (χ4v) is 3.36. The van der Waals surface area contributed by atoms with Crippen molar-refractivity contribution in [3.05, 3.63) is 42.5 Å². The van der Waals surface area contributed by atoms with Gasteiger partial charge >= 0.3 is 5.97 Å². The molecule has 1 heterocycles. The zero-order chi connectivity index (χ0) is 23.1. The number of methoxy groups -OCH3 is 2. The fourth-order valence-electron chi connectivity index (χ4n) is 3.36. The number of ether oxygens (including phenoxy) is 4. The van der Waals surface area contributed by atoms with Gasteiger partial charge in [-0.3, -0.25) is 14.4 Å². The SMILES string of the molecule is CCOc1ccc(N2C[C@H](C(=O)OCC(=O)Nc3cc(OC)ccc3OC)CC2=O)cc1. The van der Waals surface area contributed by atoms with E-state index in [2.05, 4.69) is 5.32 Å². The molecular formula is C23H26N2O7. The van der Waals surface area contributed by atoms with Gasteiger partial charge in [0.25, 0.3) is 5.91 Å². The van der Waals surface area contributed by atoms with E-state index >= 15 is 0 Å². The zero-order valence-electron chi connectivity index (χ0n) is 18.3. The number of nitrogens with one attached hydrogen (secondary N) is 1. The summed E-state index contributed by atoms with van der Waals surface area (Å²) in [7, 11) is 2.99. The van der Waals surface area contributed by atoms with Crippen LogP contribution in [0.25, 0.3) is 0 Å². The maximum Gasteiger partial charge on any atom is 0.311 e. The number of esters is 1. The van der Waals surface area contributed by atoms with Gasteiger partial charge in [-0.2, -0.15) is 0 Å². The Morgan fingerprint density at radius 3 is 2.44 bits per heavy atom. The molecule has 1 atom stereocenters. The molecule has 3 rings (SSSR count). The summed E-state index contributed by atoms with van der Waals surface area (Å²) in [6.07, 6.45) is 0.0252. The van der Waals surface area contributed by atoms with Crippen LogP contribution in [0.4, 0.5) is 11.4 Å². The number of amides is 2. The average Bonchev–Trinajstić information content (AvgIpc) is 3.19. The van der Waals surface area contributed by atoms with E-state index < -0.39 is 24.4 Å². The van der Waals surface area contributed by atoms with Gasteiger partial charge in [-0.25, -0.2) is 0 Å². The molecule has 1 N–H and O–H groups in total. The van der Waals surface area contributed by atoms with Crippen LogP contribution in [0.15, 0.2) is 42.5 Å². The van der Waals surface area contributed by atoms with Gasteiger partial charge in [-0.1, -0.05) is 0 Å². The molecular weight excluding hydrogens is 416 g/mol. The summed E-state index contributed by atoms with van der Waals surface area (Å²) in [6.45, 7) is 2.15. The van der Waals surface area contributed by atoms with Gasteiger partial charge in [0.15, 0.2) is 6.61 Å². The highest BCUT2D eigenvalue weighted by atomic mass is 16.5. The number of anilines is 2. The highest BCUT2D eigenvalue weighted by Crippen LogP contribution is 2.29. The second-order valence-electron chi connectivity index (χ2n) is 7.05. The van der Waals surface area contributed by atoms with Crippen molar-refractivity contribution < 1.29 is 33.3 Å². The second kappa shape index (κ2) is 10.5. The molecule has 9 nitrogen and oxygen atoms in total. The van der Waals surface area contributed by atoms with Gasteiger partial charge < -0.3 is 29.2 Å². The lowest BCUT2D eigenvalue weighted by molar-refractivity contribution is -0.151. The Balaban J connectivity index is 1.54. The molecule has 1 saturated heterocycles. The van der Waals surface area contributed by atoms with Crippen LogP contribution in [0.3, 0.4) is 0 Å². The van der Waals surface area contributed by atoms with E-state index in [1.54, 1.807) is 42.5 Å². The number of nitrogens with zero attached hydrogens (tertiary/aromatic N) is 1. The summed E-state index contributed by atoms with van der Waals surface area (Å²) in [4.78, 5) is 38.6. The van der Waals surface area contributed by atoms with Crippen molar-refractivity contribution in [2.45, 2.75) is 13.3 Å². The molecule has 0 aromatic heterocycles. The van der Waals surface area contributed by atoms with Crippen LogP contribution < -0.4 is 24.4 Å². The molecule has 9 heteroatoms. The summed E-state index contributed by atoms with van der Waals surface area (Å²) in [5.74, 6) is -0.264. The molecule has 32 heavy (non-hydrogen) atoms. The lowest BCUT2D eigenvalue weighted by atomic mass is 10.1. The summed E-state index contributed by atoms with van der Waals surface area (Å²) in [5.41, 5.74) is 1.07. The number of hydrogen-bond donors (Lipinski definition) is 1. The van der Waals surface area contributed by atoms with Crippen LogP contribution in [0, 0.1) is 5.92 Å². The van der Waals surface area contributed by atoms with Crippen LogP contribution in [0.1, 0.15) is 13.3 Å². The van der Waals surface area contributed by atoms with Gasteiger partial charge in [0.2, 0.25) is 5.91 Å². The van der Waals surface area contributed by atoms with Gasteiger partial charge in [0, 0.05) is 24.7 Å². The second-order valence-corrected chi connectivity index (χ2v) is 7.05. The largest absolute Gasteiger partial charge is 0.497 e. The maximum absolute atomic E-state index is 12.4. The number of rotatable bonds is 9. The minimum absolute atomic E-state index is 0.0252. The molecule has 0 bridgehead atoms. The van der Waals surface area contributed by atoms with E-state index in [1.165, 1.54) is 19.1 Å². The van der Waals surface area contributed by atoms with Crippen molar-refractivity contribution in [3.8, 4) is 17.2 Å². The highest BCUT2D eigenvalue weighted by molar-refractivity contribution is 6.00. The van der Waals surface area contributed by atoms with E-state index in [4.69, 9.17) is 18.9 Å². The Morgan fingerprint density at radius 2 is 1.78 bits per heavy atom. The monoisotopic (exact) mass is 442 g/mol. The maximum atomic E-state index is 12.4. The standard InChI is InChI=1S/C23H26N2O7/c1-4-31-17-7-5-16(6-8-17)25-13-15(11-22(25)27)23(28)32-14-21(26)24-19-12-18(29-2)9-10-20(19)30-3/h5-10,12,15H,4,11,13-14H2,1-3H3,(H,24,26)/t15-/m1/s1. The van der Waals surface area contributed by atoms with Crippen molar-refractivity contribution in [3.63, 3.8) is 0 Å². The predicted octanol–water partition coefficient (Wildman–Crippen LogP) is 2.64. The van der Waals surface area contributed by atoms with E-state index in [0.29, 0.717) is 35.2 Å². The first kappa shape index (κ1) is 22.9. The van der Waals surface area contributed by atoms with E-state index in [0.717, 1.165) is 0 Å². The van der Waals surface area contributed by atoms with Gasteiger partial charge in [0.1, 0.15) is 17.2 Å². The summed E-state index contributed by atoms with van der Waals surface area (Å²) in [5, 5.41) is 2.63. The first-order valence-electron chi connectivity index (χ1n) is 10.2. The Bertz CT molecular complexity index is 975. The van der Waals surface area contributed by atoms with Crippen molar-refractivity contribution >= 4 is 29.2 Å². The van der Waals surface area contributed by atoms with Crippen molar-refractivity contribution in [2.24, 2.45) is 5.92 Å². The lowest BCUT2D eigenvalue weighted by Gasteiger charge is -2.17. The van der Waals surface area contributed by atoms with Crippen LogP contribution in [0.5, 0.6) is 17.2 Å². The van der Waals surface area contributed by atoms with Crippen LogP contribution in [-0.2, 0) is 19.1 Å². The third-order valence-electron chi connectivity index (χ3n) is 4.94. The molecule has 0 spiro atoms. The molecule has 2 aromatic rings. The van der Waals surface area contributed by atoms with Crippen molar-refractivity contribution in [2.75, 3.05) is 44.2 Å². The Hall–Kier alpha value is -3.75. The minimum Gasteiger partial charge on any atom is -0.497 e. The molecule has 1 fully saturated rings. The van der Waals surface area contributed by atoms with Crippen LogP contribution in [-0.4, -0.2) is 51.8 Å². The number of carbonyl (C=O) groups excluding carboxylic acids is 3. The average molecular weight is 442 g/mol.